The molecule has 2 aromatic carbocycles. The van der Waals surface area contributed by atoms with Gasteiger partial charge in [-0.05, 0) is 36.4 Å². The molecule has 0 unspecified atom stereocenters. The van der Waals surface area contributed by atoms with Gasteiger partial charge >= 0.3 is 6.03 Å². The van der Waals surface area contributed by atoms with Gasteiger partial charge in [-0.3, -0.25) is 0 Å². The molecule has 0 bridgehead atoms. The number of thioether (sulfide) groups is 1. The molecule has 0 aromatic heterocycles. The first-order chi connectivity index (χ1) is 12.3. The minimum absolute atomic E-state index is 0.173. The molecule has 2 aromatic rings. The summed E-state index contributed by atoms with van der Waals surface area (Å²) in [5.41, 5.74) is 0. The van der Waals surface area contributed by atoms with Gasteiger partial charge in [-0.15, -0.1) is 11.8 Å². The number of methoxy groups -OCH3 is 1. The summed E-state index contributed by atoms with van der Waals surface area (Å²) in [6.07, 6.45) is 0.921. The highest BCUT2D eigenvalue weighted by Gasteiger charge is 2.03. The van der Waals surface area contributed by atoms with Crippen LogP contribution in [0.15, 0.2) is 59.5 Å². The molecule has 0 radical (unpaired) electrons. The van der Waals surface area contributed by atoms with Gasteiger partial charge in [0.05, 0.1) is 13.7 Å². The van der Waals surface area contributed by atoms with Gasteiger partial charge in [-0.1, -0.05) is 30.3 Å². The minimum atomic E-state index is -0.173. The lowest BCUT2D eigenvalue weighted by atomic mass is 10.3. The number of amides is 2. The lowest BCUT2D eigenvalue weighted by molar-refractivity contribution is 0.235. The highest BCUT2D eigenvalue weighted by molar-refractivity contribution is 7.99. The van der Waals surface area contributed by atoms with Crippen molar-refractivity contribution in [3.63, 3.8) is 0 Å². The Morgan fingerprint density at radius 2 is 1.64 bits per heavy atom. The highest BCUT2D eigenvalue weighted by atomic mass is 32.2. The van der Waals surface area contributed by atoms with E-state index in [4.69, 9.17) is 9.47 Å². The maximum absolute atomic E-state index is 11.7. The summed E-state index contributed by atoms with van der Waals surface area (Å²) in [5.74, 6) is 2.33. The Kier molecular flexibility index (Phi) is 8.55. The quantitative estimate of drug-likeness (QED) is 0.502. The van der Waals surface area contributed by atoms with E-state index >= 15 is 0 Å². The zero-order valence-electron chi connectivity index (χ0n) is 14.4. The Morgan fingerprint density at radius 3 is 2.40 bits per heavy atom. The van der Waals surface area contributed by atoms with E-state index in [9.17, 15) is 4.79 Å². The van der Waals surface area contributed by atoms with E-state index in [1.54, 1.807) is 18.9 Å². The number of rotatable bonds is 10. The van der Waals surface area contributed by atoms with Crippen molar-refractivity contribution in [1.82, 2.24) is 10.6 Å². The van der Waals surface area contributed by atoms with Crippen LogP contribution in [0.5, 0.6) is 11.5 Å². The largest absolute Gasteiger partial charge is 0.493 e. The van der Waals surface area contributed by atoms with Crippen LogP contribution in [0.4, 0.5) is 4.79 Å². The third kappa shape index (κ3) is 7.39. The maximum atomic E-state index is 11.7. The number of carbonyl (C=O) groups is 1. The molecule has 5 nitrogen and oxygen atoms in total. The zero-order chi connectivity index (χ0) is 17.7. The molecule has 2 rings (SSSR count). The number of nitrogens with one attached hydrogen (secondary N) is 2. The van der Waals surface area contributed by atoms with E-state index in [2.05, 4.69) is 22.8 Å². The van der Waals surface area contributed by atoms with Crippen LogP contribution in [0.3, 0.4) is 0 Å². The van der Waals surface area contributed by atoms with E-state index < -0.39 is 0 Å². The molecule has 0 fully saturated rings. The maximum Gasteiger partial charge on any atom is 0.314 e. The smallest absolute Gasteiger partial charge is 0.314 e. The third-order valence-corrected chi connectivity index (χ3v) is 4.43. The van der Waals surface area contributed by atoms with Crippen molar-refractivity contribution < 1.29 is 14.3 Å². The average Bonchev–Trinajstić information content (AvgIpc) is 2.66. The first-order valence-corrected chi connectivity index (χ1v) is 9.23. The predicted octanol–water partition coefficient (Wildman–Crippen LogP) is 3.56. The molecule has 0 atom stereocenters. The molecular formula is C19H24N2O3S. The molecule has 0 saturated carbocycles. The van der Waals surface area contributed by atoms with Crippen LogP contribution in [-0.2, 0) is 0 Å². The van der Waals surface area contributed by atoms with E-state index in [-0.39, 0.29) is 6.03 Å². The Morgan fingerprint density at radius 1 is 0.960 bits per heavy atom. The Labute approximate surface area is 153 Å². The Bertz CT molecular complexity index is 638. The highest BCUT2D eigenvalue weighted by Crippen LogP contribution is 2.25. The normalized spacial score (nSPS) is 10.1. The van der Waals surface area contributed by atoms with Gasteiger partial charge in [0.15, 0.2) is 11.5 Å². The summed E-state index contributed by atoms with van der Waals surface area (Å²) < 4.78 is 10.8. The average molecular weight is 360 g/mol. The second-order valence-corrected chi connectivity index (χ2v) is 6.37. The van der Waals surface area contributed by atoms with E-state index in [1.807, 2.05) is 42.5 Å². The molecule has 0 spiro atoms. The van der Waals surface area contributed by atoms with Crippen molar-refractivity contribution in [2.45, 2.75) is 11.3 Å². The lowest BCUT2D eigenvalue weighted by Crippen LogP contribution is -2.38. The van der Waals surface area contributed by atoms with Gasteiger partial charge in [0.2, 0.25) is 0 Å². The van der Waals surface area contributed by atoms with Gasteiger partial charge in [-0.25, -0.2) is 4.79 Å². The first kappa shape index (κ1) is 19.0. The van der Waals surface area contributed by atoms with E-state index in [1.165, 1.54) is 4.90 Å². The Hall–Kier alpha value is -2.34. The van der Waals surface area contributed by atoms with Crippen LogP contribution in [0, 0.1) is 0 Å². The molecule has 0 aliphatic heterocycles. The summed E-state index contributed by atoms with van der Waals surface area (Å²) in [4.78, 5) is 13.0. The zero-order valence-corrected chi connectivity index (χ0v) is 15.2. The molecule has 134 valence electrons. The number of carbonyl (C=O) groups excluding carboxylic acids is 1. The van der Waals surface area contributed by atoms with Crippen LogP contribution in [0.25, 0.3) is 0 Å². The summed E-state index contributed by atoms with van der Waals surface area (Å²) in [5, 5.41) is 5.62. The Balaban J connectivity index is 1.51. The fourth-order valence-electron chi connectivity index (χ4n) is 2.11. The number of hydrogen-bond acceptors (Lipinski definition) is 4. The topological polar surface area (TPSA) is 59.6 Å². The standard InChI is InChI=1S/C19H24N2O3S/c1-23-17-10-5-6-11-18(17)24-14-13-21-19(22)20-12-7-15-25-16-8-3-2-4-9-16/h2-6,8-11H,7,12-15H2,1H3,(H2,20,21,22). The van der Waals surface area contributed by atoms with Gasteiger partial charge < -0.3 is 20.1 Å². The van der Waals surface area contributed by atoms with Crippen molar-refractivity contribution in [3.05, 3.63) is 54.6 Å². The van der Waals surface area contributed by atoms with Crippen molar-refractivity contribution in [2.24, 2.45) is 0 Å². The SMILES string of the molecule is COc1ccccc1OCCNC(=O)NCCCSc1ccccc1. The predicted molar refractivity (Wildman–Crippen MR) is 102 cm³/mol. The van der Waals surface area contributed by atoms with E-state index in [0.717, 1.165) is 12.2 Å². The number of urea groups is 1. The summed E-state index contributed by atoms with van der Waals surface area (Å²) >= 11 is 1.79. The molecular weight excluding hydrogens is 336 g/mol. The summed E-state index contributed by atoms with van der Waals surface area (Å²) in [6, 6.07) is 17.5. The van der Waals surface area contributed by atoms with E-state index in [0.29, 0.717) is 31.2 Å². The second-order valence-electron chi connectivity index (χ2n) is 5.20. The molecule has 2 N–H and O–H groups in total. The van der Waals surface area contributed by atoms with Crippen molar-refractivity contribution in [3.8, 4) is 11.5 Å². The van der Waals surface area contributed by atoms with Gasteiger partial charge in [-0.2, -0.15) is 0 Å². The van der Waals surface area contributed by atoms with Crippen molar-refractivity contribution >= 4 is 17.8 Å². The first-order valence-electron chi connectivity index (χ1n) is 8.25. The molecule has 6 heteroatoms. The second kappa shape index (κ2) is 11.3. The number of benzene rings is 2. The van der Waals surface area contributed by atoms with Crippen LogP contribution >= 0.6 is 11.8 Å². The van der Waals surface area contributed by atoms with Crippen LogP contribution in [0.2, 0.25) is 0 Å². The number of hydrogen-bond donors (Lipinski definition) is 2. The summed E-state index contributed by atoms with van der Waals surface area (Å²) in [6.45, 7) is 1.47. The monoisotopic (exact) mass is 360 g/mol. The fourth-order valence-corrected chi connectivity index (χ4v) is 2.98. The molecule has 0 aliphatic carbocycles. The van der Waals surface area contributed by atoms with Crippen molar-refractivity contribution in [1.29, 1.82) is 0 Å². The minimum Gasteiger partial charge on any atom is -0.493 e. The third-order valence-electron chi connectivity index (χ3n) is 3.33. The number of ether oxygens (including phenoxy) is 2. The fraction of sp³-hybridized carbons (Fsp3) is 0.316. The lowest BCUT2D eigenvalue weighted by Gasteiger charge is -2.11. The van der Waals surface area contributed by atoms with Crippen LogP contribution < -0.4 is 20.1 Å². The molecule has 25 heavy (non-hydrogen) atoms. The molecule has 2 amide bonds. The van der Waals surface area contributed by atoms with Gasteiger partial charge in [0.25, 0.3) is 0 Å². The van der Waals surface area contributed by atoms with Gasteiger partial charge in [0.1, 0.15) is 6.61 Å². The molecule has 0 aliphatic rings. The molecule has 0 heterocycles. The van der Waals surface area contributed by atoms with Crippen LogP contribution in [-0.4, -0.2) is 38.6 Å². The van der Waals surface area contributed by atoms with Gasteiger partial charge in [0, 0.05) is 11.4 Å². The van der Waals surface area contributed by atoms with Crippen molar-refractivity contribution in [2.75, 3.05) is 32.6 Å². The molecule has 0 saturated heterocycles. The summed E-state index contributed by atoms with van der Waals surface area (Å²) in [7, 11) is 1.60. The van der Waals surface area contributed by atoms with Crippen LogP contribution in [0.1, 0.15) is 6.42 Å². The number of para-hydroxylation sites is 2.